The Morgan fingerprint density at radius 3 is 2.04 bits per heavy atom. The van der Waals surface area contributed by atoms with E-state index in [1.165, 1.54) is 90.1 Å². The van der Waals surface area contributed by atoms with Gasteiger partial charge in [-0.2, -0.15) is 0 Å². The molecule has 0 bridgehead atoms. The van der Waals surface area contributed by atoms with Crippen molar-refractivity contribution in [3.05, 3.63) is 0 Å². The first-order chi connectivity index (χ1) is 21.0. The van der Waals surface area contributed by atoms with Gasteiger partial charge in [-0.1, -0.05) is 20.3 Å². The summed E-state index contributed by atoms with van der Waals surface area (Å²) in [5.74, 6) is 2.50. The van der Waals surface area contributed by atoms with E-state index in [1.807, 2.05) is 0 Å². The Morgan fingerprint density at radius 2 is 1.44 bits per heavy atom. The van der Waals surface area contributed by atoms with Crippen LogP contribution in [0.1, 0.15) is 111 Å². The fraction of sp³-hybridized carbons (Fsp3) is 0.943. The molecule has 0 aromatic rings. The third kappa shape index (κ3) is 7.29. The number of esters is 2. The predicted octanol–water partition coefficient (Wildman–Crippen LogP) is 5.13. The molecule has 2 saturated heterocycles. The topological polar surface area (TPSA) is 113 Å². The summed E-state index contributed by atoms with van der Waals surface area (Å²) in [6.07, 6.45) is 16.9. The molecule has 0 amide bonds. The highest BCUT2D eigenvalue weighted by molar-refractivity contribution is 7.84. The van der Waals surface area contributed by atoms with Gasteiger partial charge in [-0.3, -0.25) is 14.5 Å². The SMILES string of the molecule is CC(=O)O[C@H]1C[C@@H]2CCC3C4C[C@H]([N+]5(C)CCCCC5)[C@H](OC(C)=O)[C@@]4(C)CCC3[C@@]2(C)C[C@@H]1N1CCCCC1.CS(=O)(=O)[O-]. The third-order valence-electron chi connectivity index (χ3n) is 13.7. The first kappa shape index (κ1) is 35.1. The molecule has 0 radical (unpaired) electrons. The number of hydrogen-bond acceptors (Lipinski definition) is 8. The zero-order chi connectivity index (χ0) is 32.8. The fourth-order valence-corrected chi connectivity index (χ4v) is 11.7. The van der Waals surface area contributed by atoms with Gasteiger partial charge in [0.15, 0.2) is 6.10 Å². The minimum atomic E-state index is -3.92. The molecule has 0 aromatic carbocycles. The summed E-state index contributed by atoms with van der Waals surface area (Å²) in [7, 11) is -1.45. The van der Waals surface area contributed by atoms with E-state index in [9.17, 15) is 9.59 Å². The number of rotatable bonds is 4. The molecule has 0 spiro atoms. The maximum absolute atomic E-state index is 12.5. The van der Waals surface area contributed by atoms with Crippen LogP contribution < -0.4 is 0 Å². The quantitative estimate of drug-likeness (QED) is 0.234. The van der Waals surface area contributed by atoms with E-state index in [2.05, 4.69) is 25.8 Å². The van der Waals surface area contributed by atoms with Gasteiger partial charge in [-0.15, -0.1) is 0 Å². The maximum Gasteiger partial charge on any atom is 0.303 e. The molecule has 3 unspecified atom stereocenters. The summed E-state index contributed by atoms with van der Waals surface area (Å²) < 4.78 is 40.8. The van der Waals surface area contributed by atoms with E-state index in [4.69, 9.17) is 22.4 Å². The number of carbonyl (C=O) groups is 2. The molecule has 4 saturated carbocycles. The molecular formula is C35H60N2O7S. The summed E-state index contributed by atoms with van der Waals surface area (Å²) in [6.45, 7) is 13.1. The molecule has 10 atom stereocenters. The molecular weight excluding hydrogens is 592 g/mol. The number of likely N-dealkylation sites (N-methyl/N-ethyl adjacent to an activating group) is 1. The van der Waals surface area contributed by atoms with E-state index in [-0.39, 0.29) is 29.6 Å². The van der Waals surface area contributed by atoms with Crippen LogP contribution in [-0.2, 0) is 29.2 Å². The number of fused-ring (bicyclic) bond motifs is 5. The third-order valence-corrected chi connectivity index (χ3v) is 13.7. The van der Waals surface area contributed by atoms with E-state index in [0.29, 0.717) is 41.5 Å². The fourth-order valence-electron chi connectivity index (χ4n) is 11.7. The van der Waals surface area contributed by atoms with Crippen molar-refractivity contribution in [1.29, 1.82) is 0 Å². The van der Waals surface area contributed by atoms with E-state index in [1.54, 1.807) is 13.8 Å². The van der Waals surface area contributed by atoms with Crippen molar-refractivity contribution in [2.45, 2.75) is 135 Å². The Bertz CT molecular complexity index is 1170. The number of nitrogens with zero attached hydrogens (tertiary/aromatic N) is 2. The molecule has 0 N–H and O–H groups in total. The van der Waals surface area contributed by atoms with Gasteiger partial charge in [0.25, 0.3) is 0 Å². The highest BCUT2D eigenvalue weighted by Crippen LogP contribution is 2.67. The Balaban J connectivity index is 0.000000743. The van der Waals surface area contributed by atoms with Crippen molar-refractivity contribution in [1.82, 2.24) is 4.90 Å². The number of hydrogen-bond donors (Lipinski definition) is 0. The summed E-state index contributed by atoms with van der Waals surface area (Å²) in [4.78, 5) is 27.4. The molecule has 9 nitrogen and oxygen atoms in total. The lowest BCUT2D eigenvalue weighted by Crippen LogP contribution is -2.61. The van der Waals surface area contributed by atoms with Crippen molar-refractivity contribution in [3.63, 3.8) is 0 Å². The van der Waals surface area contributed by atoms with Gasteiger partial charge in [0, 0.05) is 38.0 Å². The molecule has 258 valence electrons. The monoisotopic (exact) mass is 652 g/mol. The lowest BCUT2D eigenvalue weighted by atomic mass is 9.44. The molecule has 45 heavy (non-hydrogen) atoms. The van der Waals surface area contributed by atoms with Crippen molar-refractivity contribution in [2.24, 2.45) is 34.5 Å². The Labute approximate surface area is 272 Å². The van der Waals surface area contributed by atoms with Gasteiger partial charge in [0.05, 0.1) is 30.3 Å². The minimum Gasteiger partial charge on any atom is -0.748 e. The highest BCUT2D eigenvalue weighted by Gasteiger charge is 2.67. The number of carbonyl (C=O) groups excluding carboxylic acids is 2. The van der Waals surface area contributed by atoms with Gasteiger partial charge in [-0.25, -0.2) is 8.42 Å². The number of quaternary nitrogens is 1. The Morgan fingerprint density at radius 1 is 0.844 bits per heavy atom. The zero-order valence-corrected chi connectivity index (χ0v) is 29.6. The highest BCUT2D eigenvalue weighted by atomic mass is 32.2. The van der Waals surface area contributed by atoms with Crippen LogP contribution in [0, 0.1) is 34.5 Å². The minimum absolute atomic E-state index is 0.0466. The van der Waals surface area contributed by atoms with Crippen molar-refractivity contribution in [2.75, 3.05) is 39.5 Å². The normalized spacial score (nSPS) is 43.0. The Kier molecular flexibility index (Phi) is 10.4. The summed E-state index contributed by atoms with van der Waals surface area (Å²) in [6, 6.07) is 0.796. The standard InChI is InChI=1S/C34H57N2O4.CH4O3S/c1-23(37)39-31-20-25-12-13-26-27(34(25,4)22-29(31)35-16-8-6-9-17-35)14-15-33(3)28(26)21-30(32(33)40-24(2)38)36(5)18-10-7-11-19-36;1-5(2,3)4/h25-32H,6-22H2,1-5H3;1H3,(H,2,3,4)/q+1;/p-1/t25-,26?,27?,28?,29-,30-,31-,32-,33-,34-;/m0./s1. The largest absolute Gasteiger partial charge is 0.748 e. The van der Waals surface area contributed by atoms with Crippen LogP contribution in [0.3, 0.4) is 0 Å². The predicted molar refractivity (Wildman–Crippen MR) is 172 cm³/mol. The summed E-state index contributed by atoms with van der Waals surface area (Å²) >= 11 is 0. The van der Waals surface area contributed by atoms with Crippen LogP contribution in [0.4, 0.5) is 0 Å². The molecule has 6 fully saturated rings. The van der Waals surface area contributed by atoms with Crippen LogP contribution in [0.15, 0.2) is 0 Å². The summed E-state index contributed by atoms with van der Waals surface area (Å²) in [5.41, 5.74) is 0.377. The summed E-state index contributed by atoms with van der Waals surface area (Å²) in [5, 5.41) is 0. The van der Waals surface area contributed by atoms with Crippen LogP contribution in [0.25, 0.3) is 0 Å². The second kappa shape index (κ2) is 13.3. The number of ether oxygens (including phenoxy) is 2. The van der Waals surface area contributed by atoms with Gasteiger partial charge >= 0.3 is 11.9 Å². The molecule has 6 rings (SSSR count). The molecule has 6 aliphatic rings. The van der Waals surface area contributed by atoms with Crippen molar-refractivity contribution in [3.8, 4) is 0 Å². The zero-order valence-electron chi connectivity index (χ0n) is 28.8. The van der Waals surface area contributed by atoms with Gasteiger partial charge in [-0.05, 0) is 113 Å². The van der Waals surface area contributed by atoms with Crippen LogP contribution in [-0.4, -0.2) is 98.1 Å². The smallest absolute Gasteiger partial charge is 0.303 e. The second-order valence-corrected chi connectivity index (χ2v) is 17.9. The first-order valence-corrected chi connectivity index (χ1v) is 19.7. The first-order valence-electron chi connectivity index (χ1n) is 17.9. The number of piperidine rings is 2. The number of likely N-dealkylation sites (tertiary alicyclic amines) is 2. The van der Waals surface area contributed by atoms with E-state index in [0.717, 1.165) is 29.9 Å². The van der Waals surface area contributed by atoms with Gasteiger partial charge < -0.3 is 18.5 Å². The lowest BCUT2D eigenvalue weighted by molar-refractivity contribution is -0.940. The van der Waals surface area contributed by atoms with Crippen molar-refractivity contribution >= 4 is 22.1 Å². The average Bonchev–Trinajstić information content (AvgIpc) is 3.25. The van der Waals surface area contributed by atoms with Crippen LogP contribution in [0.5, 0.6) is 0 Å². The van der Waals surface area contributed by atoms with Gasteiger partial charge in [0.1, 0.15) is 12.1 Å². The molecule has 4 aliphatic carbocycles. The molecule has 2 aliphatic heterocycles. The maximum atomic E-state index is 12.5. The van der Waals surface area contributed by atoms with Crippen LogP contribution in [0.2, 0.25) is 0 Å². The lowest BCUT2D eigenvalue weighted by Gasteiger charge is -2.62. The molecule has 10 heteroatoms. The van der Waals surface area contributed by atoms with E-state index >= 15 is 0 Å². The molecule has 2 heterocycles. The molecule has 0 aromatic heterocycles. The van der Waals surface area contributed by atoms with Crippen molar-refractivity contribution < 1.29 is 36.5 Å². The van der Waals surface area contributed by atoms with Gasteiger partial charge in [0.2, 0.25) is 0 Å². The van der Waals surface area contributed by atoms with E-state index < -0.39 is 10.1 Å². The average molecular weight is 653 g/mol. The van der Waals surface area contributed by atoms with Crippen LogP contribution >= 0.6 is 0 Å². The second-order valence-electron chi connectivity index (χ2n) is 16.5. The Hall–Kier alpha value is -1.23.